The predicted molar refractivity (Wildman–Crippen MR) is 78.1 cm³/mol. The Labute approximate surface area is 124 Å². The number of amides is 1. The Morgan fingerprint density at radius 1 is 1.24 bits per heavy atom. The molecule has 0 aromatic heterocycles. The first-order chi connectivity index (χ1) is 10.1. The minimum Gasteiger partial charge on any atom is -0.387 e. The number of rotatable bonds is 7. The van der Waals surface area contributed by atoms with E-state index in [0.717, 1.165) is 25.2 Å². The molecule has 4 heteroatoms. The van der Waals surface area contributed by atoms with Crippen LogP contribution in [-0.2, 0) is 4.79 Å². The van der Waals surface area contributed by atoms with Crippen molar-refractivity contribution in [2.45, 2.75) is 50.7 Å². The molecule has 2 fully saturated rings. The van der Waals surface area contributed by atoms with Gasteiger partial charge in [0.2, 0.25) is 5.91 Å². The zero-order valence-corrected chi connectivity index (χ0v) is 12.2. The fourth-order valence-electron chi connectivity index (χ4n) is 2.70. The molecule has 1 aromatic rings. The molecule has 1 N–H and O–H groups in total. The van der Waals surface area contributed by atoms with Crippen molar-refractivity contribution in [3.8, 4) is 0 Å². The topological polar surface area (TPSA) is 40.5 Å². The highest BCUT2D eigenvalue weighted by atomic mass is 19.1. The molecular formula is C17H22FNO2. The van der Waals surface area contributed by atoms with Crippen LogP contribution >= 0.6 is 0 Å². The molecule has 3 rings (SSSR count). The largest absolute Gasteiger partial charge is 0.387 e. The van der Waals surface area contributed by atoms with E-state index in [1.807, 2.05) is 4.90 Å². The van der Waals surface area contributed by atoms with E-state index in [1.165, 1.54) is 25.0 Å². The van der Waals surface area contributed by atoms with E-state index in [0.29, 0.717) is 24.6 Å². The van der Waals surface area contributed by atoms with Gasteiger partial charge in [-0.1, -0.05) is 25.0 Å². The van der Waals surface area contributed by atoms with Gasteiger partial charge in [-0.15, -0.1) is 0 Å². The number of nitrogens with zero attached hydrogens (tertiary/aromatic N) is 1. The summed E-state index contributed by atoms with van der Waals surface area (Å²) in [4.78, 5) is 14.2. The molecule has 1 atom stereocenters. The van der Waals surface area contributed by atoms with Crippen molar-refractivity contribution in [3.63, 3.8) is 0 Å². The average Bonchev–Trinajstić information content (AvgIpc) is 3.37. The van der Waals surface area contributed by atoms with Gasteiger partial charge in [-0.05, 0) is 42.9 Å². The van der Waals surface area contributed by atoms with Crippen molar-refractivity contribution in [2.24, 2.45) is 5.92 Å². The normalized spacial score (nSPS) is 19.3. The third-order valence-electron chi connectivity index (χ3n) is 4.40. The van der Waals surface area contributed by atoms with E-state index in [1.54, 1.807) is 12.1 Å². The first-order valence-electron chi connectivity index (χ1n) is 7.86. The molecule has 1 unspecified atom stereocenters. The Hall–Kier alpha value is -1.42. The molecule has 0 bridgehead atoms. The number of carbonyl (C=O) groups is 1. The molecular weight excluding hydrogens is 269 g/mol. The van der Waals surface area contributed by atoms with Crippen molar-refractivity contribution in [2.75, 3.05) is 6.54 Å². The van der Waals surface area contributed by atoms with Crippen LogP contribution < -0.4 is 0 Å². The Morgan fingerprint density at radius 2 is 1.90 bits per heavy atom. The molecule has 2 saturated carbocycles. The van der Waals surface area contributed by atoms with Gasteiger partial charge in [0.15, 0.2) is 0 Å². The van der Waals surface area contributed by atoms with E-state index in [-0.39, 0.29) is 11.7 Å². The van der Waals surface area contributed by atoms with Crippen LogP contribution in [-0.4, -0.2) is 28.5 Å². The SMILES string of the molecule is O=C(CCC1CC1)N(CC(O)c1ccc(F)cc1)C1CC1. The maximum absolute atomic E-state index is 12.9. The second-order valence-corrected chi connectivity index (χ2v) is 6.33. The van der Waals surface area contributed by atoms with E-state index in [2.05, 4.69) is 0 Å². The van der Waals surface area contributed by atoms with Gasteiger partial charge in [0.25, 0.3) is 0 Å². The first-order valence-corrected chi connectivity index (χ1v) is 7.86. The van der Waals surface area contributed by atoms with Crippen LogP contribution in [0, 0.1) is 11.7 Å². The first kappa shape index (κ1) is 14.5. The second-order valence-electron chi connectivity index (χ2n) is 6.33. The smallest absolute Gasteiger partial charge is 0.222 e. The zero-order chi connectivity index (χ0) is 14.8. The summed E-state index contributed by atoms with van der Waals surface area (Å²) in [6.45, 7) is 0.319. The summed E-state index contributed by atoms with van der Waals surface area (Å²) >= 11 is 0. The molecule has 2 aliphatic carbocycles. The number of carbonyl (C=O) groups excluding carboxylic acids is 1. The van der Waals surface area contributed by atoms with Crippen molar-refractivity contribution >= 4 is 5.91 Å². The molecule has 1 aromatic carbocycles. The summed E-state index contributed by atoms with van der Waals surface area (Å²) in [5.74, 6) is 0.591. The Kier molecular flexibility index (Phi) is 4.24. The monoisotopic (exact) mass is 291 g/mol. The fraction of sp³-hybridized carbons (Fsp3) is 0.588. The maximum atomic E-state index is 12.9. The van der Waals surface area contributed by atoms with Crippen LogP contribution in [0.15, 0.2) is 24.3 Å². The average molecular weight is 291 g/mol. The Morgan fingerprint density at radius 3 is 2.48 bits per heavy atom. The molecule has 3 nitrogen and oxygen atoms in total. The molecule has 2 aliphatic rings. The van der Waals surface area contributed by atoms with Gasteiger partial charge in [0.1, 0.15) is 5.82 Å². The van der Waals surface area contributed by atoms with Crippen LogP contribution in [0.5, 0.6) is 0 Å². The molecule has 0 spiro atoms. The van der Waals surface area contributed by atoms with E-state index < -0.39 is 6.10 Å². The fourth-order valence-corrected chi connectivity index (χ4v) is 2.70. The Bertz CT molecular complexity index is 494. The van der Waals surface area contributed by atoms with Crippen molar-refractivity contribution in [1.82, 2.24) is 4.90 Å². The van der Waals surface area contributed by atoms with Gasteiger partial charge < -0.3 is 10.0 Å². The van der Waals surface area contributed by atoms with Crippen LogP contribution in [0.25, 0.3) is 0 Å². The zero-order valence-electron chi connectivity index (χ0n) is 12.2. The highest BCUT2D eigenvalue weighted by molar-refractivity contribution is 5.77. The summed E-state index contributed by atoms with van der Waals surface area (Å²) in [5.41, 5.74) is 0.664. The minimum absolute atomic E-state index is 0.158. The van der Waals surface area contributed by atoms with Gasteiger partial charge >= 0.3 is 0 Å². The van der Waals surface area contributed by atoms with Gasteiger partial charge in [-0.25, -0.2) is 4.39 Å². The van der Waals surface area contributed by atoms with Gasteiger partial charge in [-0.3, -0.25) is 4.79 Å². The highest BCUT2D eigenvalue weighted by Gasteiger charge is 2.34. The summed E-state index contributed by atoms with van der Waals surface area (Å²) < 4.78 is 12.9. The molecule has 114 valence electrons. The standard InChI is InChI=1S/C17H22FNO2/c18-14-6-4-13(5-7-14)16(20)11-19(15-8-9-15)17(21)10-3-12-1-2-12/h4-7,12,15-16,20H,1-3,8-11H2. The number of hydrogen-bond acceptors (Lipinski definition) is 2. The molecule has 1 amide bonds. The molecule has 0 aliphatic heterocycles. The van der Waals surface area contributed by atoms with Crippen LogP contribution in [0.3, 0.4) is 0 Å². The lowest BCUT2D eigenvalue weighted by Gasteiger charge is -2.25. The molecule has 0 saturated heterocycles. The summed E-state index contributed by atoms with van der Waals surface area (Å²) in [6, 6.07) is 6.15. The second kappa shape index (κ2) is 6.14. The Balaban J connectivity index is 1.58. The van der Waals surface area contributed by atoms with Crippen molar-refractivity contribution < 1.29 is 14.3 Å². The lowest BCUT2D eigenvalue weighted by atomic mass is 10.1. The van der Waals surface area contributed by atoms with Gasteiger partial charge in [0.05, 0.1) is 12.6 Å². The predicted octanol–water partition coefficient (Wildman–Crippen LogP) is 3.04. The summed E-state index contributed by atoms with van der Waals surface area (Å²) in [5, 5.41) is 10.3. The van der Waals surface area contributed by atoms with Crippen LogP contribution in [0.4, 0.5) is 4.39 Å². The van der Waals surface area contributed by atoms with Crippen LogP contribution in [0.1, 0.15) is 50.2 Å². The lowest BCUT2D eigenvalue weighted by molar-refractivity contribution is -0.133. The van der Waals surface area contributed by atoms with Crippen molar-refractivity contribution in [1.29, 1.82) is 0 Å². The number of halogens is 1. The maximum Gasteiger partial charge on any atom is 0.222 e. The highest BCUT2D eigenvalue weighted by Crippen LogP contribution is 2.35. The van der Waals surface area contributed by atoms with E-state index in [4.69, 9.17) is 0 Å². The lowest BCUT2D eigenvalue weighted by Crippen LogP contribution is -2.36. The summed E-state index contributed by atoms with van der Waals surface area (Å²) in [6.07, 6.45) is 5.42. The number of benzene rings is 1. The van der Waals surface area contributed by atoms with Gasteiger partial charge in [-0.2, -0.15) is 0 Å². The minimum atomic E-state index is -0.740. The number of hydrogen-bond donors (Lipinski definition) is 1. The third-order valence-corrected chi connectivity index (χ3v) is 4.40. The van der Waals surface area contributed by atoms with Gasteiger partial charge in [0, 0.05) is 12.5 Å². The van der Waals surface area contributed by atoms with Crippen LogP contribution in [0.2, 0.25) is 0 Å². The quantitative estimate of drug-likeness (QED) is 0.839. The number of aliphatic hydroxyl groups excluding tert-OH is 1. The molecule has 0 heterocycles. The summed E-state index contributed by atoms with van der Waals surface area (Å²) in [7, 11) is 0. The molecule has 21 heavy (non-hydrogen) atoms. The number of aliphatic hydroxyl groups is 1. The van der Waals surface area contributed by atoms with E-state index >= 15 is 0 Å². The third kappa shape index (κ3) is 4.03. The van der Waals surface area contributed by atoms with E-state index in [9.17, 15) is 14.3 Å². The van der Waals surface area contributed by atoms with Crippen molar-refractivity contribution in [3.05, 3.63) is 35.6 Å². The molecule has 0 radical (unpaired) electrons.